The van der Waals surface area contributed by atoms with Gasteiger partial charge in [-0.3, -0.25) is 4.79 Å². The third kappa shape index (κ3) is 1.94. The Bertz CT molecular complexity index is 501. The molecule has 0 radical (unpaired) electrons. The van der Waals surface area contributed by atoms with Gasteiger partial charge in [0.05, 0.1) is 0 Å². The van der Waals surface area contributed by atoms with E-state index in [0.717, 1.165) is 11.9 Å². The minimum Gasteiger partial charge on any atom is -0.361 e. The number of carbonyl (C=O) groups is 1. The number of H-pyrrole nitrogens is 1. The summed E-state index contributed by atoms with van der Waals surface area (Å²) >= 11 is 0. The SMILES string of the molecule is CNC(=O)C(C)Cc1c[nH]c2ccccc12. The van der Waals surface area contributed by atoms with Gasteiger partial charge in [-0.05, 0) is 18.1 Å². The van der Waals surface area contributed by atoms with Crippen LogP contribution in [0.15, 0.2) is 30.5 Å². The first-order valence-electron chi connectivity index (χ1n) is 5.49. The van der Waals surface area contributed by atoms with Gasteiger partial charge >= 0.3 is 0 Å². The first kappa shape index (κ1) is 10.7. The van der Waals surface area contributed by atoms with Gasteiger partial charge in [0.1, 0.15) is 0 Å². The van der Waals surface area contributed by atoms with Gasteiger partial charge < -0.3 is 10.3 Å². The van der Waals surface area contributed by atoms with Crippen molar-refractivity contribution in [2.24, 2.45) is 5.92 Å². The summed E-state index contributed by atoms with van der Waals surface area (Å²) in [5, 5.41) is 3.88. The Hall–Kier alpha value is -1.77. The van der Waals surface area contributed by atoms with Crippen LogP contribution in [0.3, 0.4) is 0 Å². The molecule has 16 heavy (non-hydrogen) atoms. The van der Waals surface area contributed by atoms with Crippen molar-refractivity contribution < 1.29 is 4.79 Å². The highest BCUT2D eigenvalue weighted by molar-refractivity contribution is 5.84. The summed E-state index contributed by atoms with van der Waals surface area (Å²) in [5.74, 6) is 0.0921. The zero-order chi connectivity index (χ0) is 11.5. The lowest BCUT2D eigenvalue weighted by molar-refractivity contribution is -0.123. The molecule has 0 saturated heterocycles. The quantitative estimate of drug-likeness (QED) is 0.810. The molecule has 0 saturated carbocycles. The number of para-hydroxylation sites is 1. The number of nitrogens with one attached hydrogen (secondary N) is 2. The molecule has 0 aliphatic heterocycles. The number of carbonyl (C=O) groups excluding carboxylic acids is 1. The Morgan fingerprint density at radius 2 is 2.19 bits per heavy atom. The molecule has 1 heterocycles. The Labute approximate surface area is 94.9 Å². The summed E-state index contributed by atoms with van der Waals surface area (Å²) < 4.78 is 0. The lowest BCUT2D eigenvalue weighted by Crippen LogP contribution is -2.26. The normalized spacial score (nSPS) is 12.6. The van der Waals surface area contributed by atoms with E-state index >= 15 is 0 Å². The first-order valence-corrected chi connectivity index (χ1v) is 5.49. The van der Waals surface area contributed by atoms with Gasteiger partial charge in [-0.1, -0.05) is 25.1 Å². The molecule has 0 spiro atoms. The molecule has 1 aromatic heterocycles. The summed E-state index contributed by atoms with van der Waals surface area (Å²) in [5.41, 5.74) is 2.33. The molecule has 2 rings (SSSR count). The average molecular weight is 216 g/mol. The third-order valence-corrected chi connectivity index (χ3v) is 2.90. The lowest BCUT2D eigenvalue weighted by atomic mass is 10.00. The second-order valence-corrected chi connectivity index (χ2v) is 4.08. The summed E-state index contributed by atoms with van der Waals surface area (Å²) in [7, 11) is 1.67. The molecule has 1 amide bonds. The maximum Gasteiger partial charge on any atom is 0.222 e. The Morgan fingerprint density at radius 1 is 1.44 bits per heavy atom. The van der Waals surface area contributed by atoms with Crippen LogP contribution < -0.4 is 5.32 Å². The molecule has 0 fully saturated rings. The molecular weight excluding hydrogens is 200 g/mol. The van der Waals surface area contributed by atoms with E-state index in [9.17, 15) is 4.79 Å². The zero-order valence-electron chi connectivity index (χ0n) is 9.58. The molecule has 0 aliphatic rings. The van der Waals surface area contributed by atoms with E-state index in [1.54, 1.807) is 7.05 Å². The standard InChI is InChI=1S/C13H16N2O/c1-9(13(16)14-2)7-10-8-15-12-6-4-3-5-11(10)12/h3-6,8-9,15H,7H2,1-2H3,(H,14,16). The number of aromatic amines is 1. The molecular formula is C13H16N2O. The lowest BCUT2D eigenvalue weighted by Gasteiger charge is -2.08. The van der Waals surface area contributed by atoms with Crippen LogP contribution >= 0.6 is 0 Å². The van der Waals surface area contributed by atoms with Crippen LogP contribution in [0.2, 0.25) is 0 Å². The number of benzene rings is 1. The molecule has 1 aromatic carbocycles. The van der Waals surface area contributed by atoms with E-state index in [1.165, 1.54) is 10.9 Å². The number of fused-ring (bicyclic) bond motifs is 1. The predicted molar refractivity (Wildman–Crippen MR) is 65.2 cm³/mol. The zero-order valence-corrected chi connectivity index (χ0v) is 9.58. The highest BCUT2D eigenvalue weighted by Gasteiger charge is 2.13. The van der Waals surface area contributed by atoms with Crippen molar-refractivity contribution in [2.45, 2.75) is 13.3 Å². The van der Waals surface area contributed by atoms with E-state index in [-0.39, 0.29) is 11.8 Å². The maximum absolute atomic E-state index is 11.5. The highest BCUT2D eigenvalue weighted by atomic mass is 16.1. The van der Waals surface area contributed by atoms with E-state index < -0.39 is 0 Å². The smallest absolute Gasteiger partial charge is 0.222 e. The fourth-order valence-corrected chi connectivity index (χ4v) is 1.97. The molecule has 1 unspecified atom stereocenters. The predicted octanol–water partition coefficient (Wildman–Crippen LogP) is 2.09. The third-order valence-electron chi connectivity index (χ3n) is 2.90. The van der Waals surface area contributed by atoms with Crippen LogP contribution in [0.5, 0.6) is 0 Å². The Kier molecular flexibility index (Phi) is 2.95. The first-order chi connectivity index (χ1) is 7.72. The highest BCUT2D eigenvalue weighted by Crippen LogP contribution is 2.20. The maximum atomic E-state index is 11.5. The van der Waals surface area contributed by atoms with Gasteiger partial charge in [0, 0.05) is 30.1 Å². The second-order valence-electron chi connectivity index (χ2n) is 4.08. The van der Waals surface area contributed by atoms with Gasteiger partial charge in [-0.25, -0.2) is 0 Å². The van der Waals surface area contributed by atoms with Crippen LogP contribution in [-0.4, -0.2) is 17.9 Å². The van der Waals surface area contributed by atoms with Gasteiger partial charge in [0.25, 0.3) is 0 Å². The topological polar surface area (TPSA) is 44.9 Å². The number of amides is 1. The van der Waals surface area contributed by atoms with Crippen LogP contribution in [0.25, 0.3) is 10.9 Å². The van der Waals surface area contributed by atoms with Crippen molar-refractivity contribution >= 4 is 16.8 Å². The fraction of sp³-hybridized carbons (Fsp3) is 0.308. The van der Waals surface area contributed by atoms with Crippen LogP contribution in [0, 0.1) is 5.92 Å². The van der Waals surface area contributed by atoms with Gasteiger partial charge in [-0.2, -0.15) is 0 Å². The van der Waals surface area contributed by atoms with Crippen LogP contribution in [0.1, 0.15) is 12.5 Å². The minimum absolute atomic E-state index is 0.00389. The fourth-order valence-electron chi connectivity index (χ4n) is 1.97. The molecule has 2 aromatic rings. The summed E-state index contributed by atoms with van der Waals surface area (Å²) in [6.45, 7) is 1.95. The molecule has 1 atom stereocenters. The van der Waals surface area contributed by atoms with Crippen LogP contribution in [0.4, 0.5) is 0 Å². The molecule has 2 N–H and O–H groups in total. The van der Waals surface area contributed by atoms with Gasteiger partial charge in [-0.15, -0.1) is 0 Å². The van der Waals surface area contributed by atoms with E-state index in [0.29, 0.717) is 0 Å². The average Bonchev–Trinajstić information content (AvgIpc) is 2.72. The van der Waals surface area contributed by atoms with E-state index in [2.05, 4.69) is 16.4 Å². The number of aromatic nitrogens is 1. The monoisotopic (exact) mass is 216 g/mol. The molecule has 84 valence electrons. The van der Waals surface area contributed by atoms with Crippen molar-refractivity contribution in [3.8, 4) is 0 Å². The number of hydrogen-bond acceptors (Lipinski definition) is 1. The molecule has 0 aliphatic carbocycles. The van der Waals surface area contributed by atoms with E-state index in [1.807, 2.05) is 31.3 Å². The molecule has 3 heteroatoms. The van der Waals surface area contributed by atoms with E-state index in [4.69, 9.17) is 0 Å². The Morgan fingerprint density at radius 3 is 2.94 bits per heavy atom. The summed E-state index contributed by atoms with van der Waals surface area (Å²) in [6.07, 6.45) is 2.76. The largest absolute Gasteiger partial charge is 0.361 e. The van der Waals surface area contributed by atoms with Crippen molar-refractivity contribution in [1.29, 1.82) is 0 Å². The van der Waals surface area contributed by atoms with Crippen molar-refractivity contribution in [2.75, 3.05) is 7.05 Å². The number of rotatable bonds is 3. The van der Waals surface area contributed by atoms with Gasteiger partial charge in [0.15, 0.2) is 0 Å². The summed E-state index contributed by atoms with van der Waals surface area (Å²) in [4.78, 5) is 14.7. The van der Waals surface area contributed by atoms with Crippen molar-refractivity contribution in [3.63, 3.8) is 0 Å². The Balaban J connectivity index is 2.24. The van der Waals surface area contributed by atoms with Crippen molar-refractivity contribution in [1.82, 2.24) is 10.3 Å². The molecule has 0 bridgehead atoms. The minimum atomic E-state index is 0.00389. The van der Waals surface area contributed by atoms with Crippen LogP contribution in [-0.2, 0) is 11.2 Å². The summed E-state index contributed by atoms with van der Waals surface area (Å²) in [6, 6.07) is 8.15. The van der Waals surface area contributed by atoms with Gasteiger partial charge in [0.2, 0.25) is 5.91 Å². The molecule has 3 nitrogen and oxygen atoms in total. The number of hydrogen-bond donors (Lipinski definition) is 2. The van der Waals surface area contributed by atoms with Crippen molar-refractivity contribution in [3.05, 3.63) is 36.0 Å². The second kappa shape index (κ2) is 4.39.